The molecule has 1 aliphatic rings. The van der Waals surface area contributed by atoms with Crippen LogP contribution < -0.4 is 0 Å². The van der Waals surface area contributed by atoms with E-state index in [0.717, 1.165) is 18.8 Å². The molecule has 1 N–H and O–H groups in total. The van der Waals surface area contributed by atoms with Gasteiger partial charge in [0.05, 0.1) is 5.60 Å². The molecular weight excluding hydrogens is 136 g/mol. The lowest BCUT2D eigenvalue weighted by Crippen LogP contribution is -2.42. The van der Waals surface area contributed by atoms with Crippen LogP contribution >= 0.6 is 0 Å². The van der Waals surface area contributed by atoms with Gasteiger partial charge in [-0.25, -0.2) is 0 Å². The van der Waals surface area contributed by atoms with Gasteiger partial charge in [-0.05, 0) is 37.5 Å². The lowest BCUT2D eigenvalue weighted by atomic mass is 9.66. The molecule has 0 saturated heterocycles. The first-order chi connectivity index (χ1) is 4.79. The molecule has 0 spiro atoms. The third-order valence-corrected chi connectivity index (χ3v) is 2.36. The van der Waals surface area contributed by atoms with Crippen molar-refractivity contribution in [2.75, 3.05) is 0 Å². The molecule has 0 bridgehead atoms. The van der Waals surface area contributed by atoms with Crippen LogP contribution in [0, 0.1) is 11.3 Å². The van der Waals surface area contributed by atoms with E-state index in [4.69, 9.17) is 0 Å². The van der Waals surface area contributed by atoms with Crippen molar-refractivity contribution in [1.29, 1.82) is 0 Å². The highest BCUT2D eigenvalue weighted by Crippen LogP contribution is 2.43. The SMILES string of the molecule is CC(C)(C)CC1CC(C)(O)C1. The Morgan fingerprint density at radius 2 is 1.82 bits per heavy atom. The zero-order chi connectivity index (χ0) is 8.70. The van der Waals surface area contributed by atoms with Crippen molar-refractivity contribution in [2.24, 2.45) is 11.3 Å². The summed E-state index contributed by atoms with van der Waals surface area (Å²) in [6.07, 6.45) is 3.26. The maximum Gasteiger partial charge on any atom is 0.0625 e. The van der Waals surface area contributed by atoms with E-state index in [0.29, 0.717) is 5.41 Å². The molecule has 66 valence electrons. The van der Waals surface area contributed by atoms with Gasteiger partial charge < -0.3 is 5.11 Å². The minimum Gasteiger partial charge on any atom is -0.390 e. The van der Waals surface area contributed by atoms with Crippen LogP contribution in [0.5, 0.6) is 0 Å². The quantitative estimate of drug-likeness (QED) is 0.618. The van der Waals surface area contributed by atoms with Crippen LogP contribution in [0.25, 0.3) is 0 Å². The Hall–Kier alpha value is -0.0400. The lowest BCUT2D eigenvalue weighted by molar-refractivity contribution is -0.0675. The summed E-state index contributed by atoms with van der Waals surface area (Å²) >= 11 is 0. The third-order valence-electron chi connectivity index (χ3n) is 2.36. The van der Waals surface area contributed by atoms with Gasteiger partial charge in [0.1, 0.15) is 0 Å². The van der Waals surface area contributed by atoms with Crippen LogP contribution in [-0.4, -0.2) is 10.7 Å². The van der Waals surface area contributed by atoms with Crippen LogP contribution in [0.2, 0.25) is 0 Å². The summed E-state index contributed by atoms with van der Waals surface area (Å²) in [5.41, 5.74) is 0.0943. The first-order valence-electron chi connectivity index (χ1n) is 4.51. The van der Waals surface area contributed by atoms with E-state index < -0.39 is 0 Å². The normalized spacial score (nSPS) is 38.5. The fourth-order valence-corrected chi connectivity index (χ4v) is 2.19. The molecule has 1 aliphatic carbocycles. The van der Waals surface area contributed by atoms with Gasteiger partial charge in [0.2, 0.25) is 0 Å². The molecular formula is C10H20O. The van der Waals surface area contributed by atoms with E-state index in [9.17, 15) is 5.11 Å². The third kappa shape index (κ3) is 2.82. The Kier molecular flexibility index (Phi) is 2.04. The van der Waals surface area contributed by atoms with Crippen LogP contribution in [0.4, 0.5) is 0 Å². The van der Waals surface area contributed by atoms with Gasteiger partial charge >= 0.3 is 0 Å². The van der Waals surface area contributed by atoms with E-state index in [-0.39, 0.29) is 5.60 Å². The van der Waals surface area contributed by atoms with Gasteiger partial charge in [-0.1, -0.05) is 20.8 Å². The zero-order valence-electron chi connectivity index (χ0n) is 8.15. The molecule has 0 aromatic rings. The molecule has 0 heterocycles. The summed E-state index contributed by atoms with van der Waals surface area (Å²) < 4.78 is 0. The van der Waals surface area contributed by atoms with E-state index >= 15 is 0 Å². The van der Waals surface area contributed by atoms with E-state index in [2.05, 4.69) is 20.8 Å². The maximum absolute atomic E-state index is 9.48. The number of rotatable bonds is 1. The molecule has 1 heteroatoms. The largest absolute Gasteiger partial charge is 0.390 e. The fraction of sp³-hybridized carbons (Fsp3) is 1.00. The van der Waals surface area contributed by atoms with Crippen LogP contribution in [0.3, 0.4) is 0 Å². The molecule has 1 saturated carbocycles. The Balaban J connectivity index is 2.24. The van der Waals surface area contributed by atoms with Crippen molar-refractivity contribution < 1.29 is 5.11 Å². The minimum atomic E-state index is -0.337. The van der Waals surface area contributed by atoms with Gasteiger partial charge in [-0.3, -0.25) is 0 Å². The summed E-state index contributed by atoms with van der Waals surface area (Å²) in [4.78, 5) is 0. The highest BCUT2D eigenvalue weighted by Gasteiger charge is 2.39. The summed E-state index contributed by atoms with van der Waals surface area (Å²) in [5.74, 6) is 0.769. The molecule has 1 nitrogen and oxygen atoms in total. The average Bonchev–Trinajstić information content (AvgIpc) is 1.53. The standard InChI is InChI=1S/C10H20O/c1-9(2,3)5-8-6-10(4,11)7-8/h8,11H,5-7H2,1-4H3. The Morgan fingerprint density at radius 3 is 2.09 bits per heavy atom. The highest BCUT2D eigenvalue weighted by molar-refractivity contribution is 4.91. The molecule has 0 aromatic heterocycles. The molecule has 1 fully saturated rings. The average molecular weight is 156 g/mol. The van der Waals surface area contributed by atoms with Gasteiger partial charge in [0.15, 0.2) is 0 Å². The second kappa shape index (κ2) is 2.48. The molecule has 0 aromatic carbocycles. The monoisotopic (exact) mass is 156 g/mol. The summed E-state index contributed by atoms with van der Waals surface area (Å²) in [5, 5.41) is 9.48. The summed E-state index contributed by atoms with van der Waals surface area (Å²) in [6.45, 7) is 8.73. The van der Waals surface area contributed by atoms with Crippen molar-refractivity contribution in [1.82, 2.24) is 0 Å². The topological polar surface area (TPSA) is 20.2 Å². The number of aliphatic hydroxyl groups is 1. The molecule has 0 aliphatic heterocycles. The Bertz CT molecular complexity index is 133. The van der Waals surface area contributed by atoms with Gasteiger partial charge in [-0.15, -0.1) is 0 Å². The molecule has 0 radical (unpaired) electrons. The predicted molar refractivity (Wildman–Crippen MR) is 47.4 cm³/mol. The van der Waals surface area contributed by atoms with Gasteiger partial charge in [0.25, 0.3) is 0 Å². The van der Waals surface area contributed by atoms with E-state index in [1.807, 2.05) is 6.92 Å². The van der Waals surface area contributed by atoms with Crippen molar-refractivity contribution in [2.45, 2.75) is 52.6 Å². The smallest absolute Gasteiger partial charge is 0.0625 e. The Morgan fingerprint density at radius 1 is 1.36 bits per heavy atom. The first-order valence-corrected chi connectivity index (χ1v) is 4.51. The van der Waals surface area contributed by atoms with E-state index in [1.54, 1.807) is 0 Å². The van der Waals surface area contributed by atoms with Crippen molar-refractivity contribution in [3.05, 3.63) is 0 Å². The van der Waals surface area contributed by atoms with Crippen LogP contribution in [0.1, 0.15) is 47.0 Å². The van der Waals surface area contributed by atoms with Crippen LogP contribution in [0.15, 0.2) is 0 Å². The molecule has 0 atom stereocenters. The number of hydrogen-bond acceptors (Lipinski definition) is 1. The Labute approximate surface area is 69.8 Å². The second-order valence-electron chi connectivity index (χ2n) is 5.54. The van der Waals surface area contributed by atoms with Crippen LogP contribution in [-0.2, 0) is 0 Å². The minimum absolute atomic E-state index is 0.337. The molecule has 0 unspecified atom stereocenters. The second-order valence-corrected chi connectivity index (χ2v) is 5.54. The summed E-state index contributed by atoms with van der Waals surface area (Å²) in [6, 6.07) is 0. The molecule has 0 amide bonds. The van der Waals surface area contributed by atoms with Gasteiger partial charge in [-0.2, -0.15) is 0 Å². The molecule has 1 rings (SSSR count). The predicted octanol–water partition coefficient (Wildman–Crippen LogP) is 2.58. The van der Waals surface area contributed by atoms with Gasteiger partial charge in [0, 0.05) is 0 Å². The number of hydrogen-bond donors (Lipinski definition) is 1. The molecule has 11 heavy (non-hydrogen) atoms. The van der Waals surface area contributed by atoms with Crippen molar-refractivity contribution in [3.8, 4) is 0 Å². The zero-order valence-corrected chi connectivity index (χ0v) is 8.15. The summed E-state index contributed by atoms with van der Waals surface area (Å²) in [7, 11) is 0. The van der Waals surface area contributed by atoms with E-state index in [1.165, 1.54) is 6.42 Å². The fourth-order valence-electron chi connectivity index (χ4n) is 2.19. The lowest BCUT2D eigenvalue weighted by Gasteiger charge is -2.43. The van der Waals surface area contributed by atoms with Crippen molar-refractivity contribution >= 4 is 0 Å². The van der Waals surface area contributed by atoms with Crippen molar-refractivity contribution in [3.63, 3.8) is 0 Å². The first kappa shape index (κ1) is 9.05. The highest BCUT2D eigenvalue weighted by atomic mass is 16.3. The maximum atomic E-state index is 9.48.